The number of carbonyl (C=O) groups excluding carboxylic acids is 1. The highest BCUT2D eigenvalue weighted by molar-refractivity contribution is 7.89. The summed E-state index contributed by atoms with van der Waals surface area (Å²) in [5.74, 6) is -0.787. The maximum Gasteiger partial charge on any atom is 0.419 e. The second-order valence-electron chi connectivity index (χ2n) is 7.31. The third kappa shape index (κ3) is 4.07. The Labute approximate surface area is 178 Å². The number of fused-ring (bicyclic) bond motifs is 1. The van der Waals surface area contributed by atoms with Crippen molar-refractivity contribution in [1.82, 2.24) is 14.2 Å². The number of oxazole rings is 1. The molecule has 1 N–H and O–H groups in total. The number of benzene rings is 1. The van der Waals surface area contributed by atoms with E-state index in [0.717, 1.165) is 17.7 Å². The number of amides is 1. The molecule has 1 aliphatic rings. The van der Waals surface area contributed by atoms with Crippen molar-refractivity contribution >= 4 is 38.4 Å². The first-order valence-electron chi connectivity index (χ1n) is 9.82. The average molecular weight is 450 g/mol. The van der Waals surface area contributed by atoms with Gasteiger partial charge in [-0.1, -0.05) is 6.07 Å². The van der Waals surface area contributed by atoms with Gasteiger partial charge in [0.05, 0.1) is 16.5 Å². The van der Waals surface area contributed by atoms with Crippen LogP contribution in [-0.4, -0.2) is 36.3 Å². The quantitative estimate of drug-likeness (QED) is 0.598. The van der Waals surface area contributed by atoms with E-state index >= 15 is 0 Å². The fourth-order valence-electron chi connectivity index (χ4n) is 3.63. The van der Waals surface area contributed by atoms with Gasteiger partial charge in [0.1, 0.15) is 0 Å². The van der Waals surface area contributed by atoms with Gasteiger partial charge in [-0.2, -0.15) is 4.31 Å². The van der Waals surface area contributed by atoms with Gasteiger partial charge < -0.3 is 9.73 Å². The number of hydrogen-bond donors (Lipinski definition) is 1. The van der Waals surface area contributed by atoms with Crippen molar-refractivity contribution in [2.75, 3.05) is 13.1 Å². The minimum atomic E-state index is -3.60. The Kier molecular flexibility index (Phi) is 5.81. The van der Waals surface area contributed by atoms with Crippen LogP contribution < -0.4 is 11.1 Å². The largest absolute Gasteiger partial charge is 0.419 e. The zero-order valence-electron chi connectivity index (χ0n) is 16.5. The molecule has 0 aliphatic carbocycles. The smallest absolute Gasteiger partial charge is 0.408 e. The Morgan fingerprint density at radius 2 is 2.03 bits per heavy atom. The highest BCUT2D eigenvalue weighted by Gasteiger charge is 2.28. The van der Waals surface area contributed by atoms with E-state index < -0.39 is 15.8 Å². The predicted molar refractivity (Wildman–Crippen MR) is 114 cm³/mol. The molecular weight excluding hydrogens is 426 g/mol. The molecule has 10 heteroatoms. The van der Waals surface area contributed by atoms with Crippen LogP contribution in [0.3, 0.4) is 0 Å². The summed E-state index contributed by atoms with van der Waals surface area (Å²) in [5, 5.41) is 4.86. The summed E-state index contributed by atoms with van der Waals surface area (Å²) in [6.45, 7) is 3.06. The maximum absolute atomic E-state index is 12.7. The number of nitrogens with one attached hydrogen (secondary N) is 1. The lowest BCUT2D eigenvalue weighted by molar-refractivity contribution is -0.121. The number of thiophene rings is 1. The normalized spacial score (nSPS) is 16.2. The first-order valence-corrected chi connectivity index (χ1v) is 12.1. The lowest BCUT2D eigenvalue weighted by atomic mass is 10.2. The van der Waals surface area contributed by atoms with Gasteiger partial charge in [0.15, 0.2) is 5.58 Å². The van der Waals surface area contributed by atoms with Crippen LogP contribution >= 0.6 is 11.3 Å². The molecule has 0 radical (unpaired) electrons. The Hall–Kier alpha value is -2.43. The fraction of sp³-hybridized carbons (Fsp3) is 0.400. The summed E-state index contributed by atoms with van der Waals surface area (Å²) >= 11 is 1.57. The van der Waals surface area contributed by atoms with E-state index in [0.29, 0.717) is 18.6 Å². The molecule has 0 spiro atoms. The molecule has 1 amide bonds. The molecule has 1 aliphatic heterocycles. The summed E-state index contributed by atoms with van der Waals surface area (Å²) in [6.07, 6.45) is 1.80. The van der Waals surface area contributed by atoms with Gasteiger partial charge in [0.25, 0.3) is 0 Å². The molecule has 160 valence electrons. The van der Waals surface area contributed by atoms with Gasteiger partial charge in [-0.05, 0) is 43.3 Å². The van der Waals surface area contributed by atoms with Crippen molar-refractivity contribution < 1.29 is 17.6 Å². The Balaban J connectivity index is 1.49. The van der Waals surface area contributed by atoms with Crippen molar-refractivity contribution in [3.8, 4) is 0 Å². The number of aryl methyl sites for hydroxylation is 1. The third-order valence-electron chi connectivity index (χ3n) is 5.25. The van der Waals surface area contributed by atoms with E-state index in [9.17, 15) is 18.0 Å². The standard InChI is InChI=1S/C20H23N3O5S2/c1-14(18-5-4-12-29-18)21-19(24)8-11-23-16-7-6-15(13-17(16)28-20(23)25)30(26,27)22-9-2-3-10-22/h4-7,12-14H,2-3,8-11H2,1H3,(H,21,24). The molecule has 1 fully saturated rings. The van der Waals surface area contributed by atoms with Crippen molar-refractivity contribution in [2.45, 2.75) is 43.7 Å². The van der Waals surface area contributed by atoms with E-state index in [2.05, 4.69) is 5.32 Å². The molecule has 4 rings (SSSR count). The summed E-state index contributed by atoms with van der Waals surface area (Å²) < 4.78 is 33.5. The molecule has 1 aromatic carbocycles. The lowest BCUT2D eigenvalue weighted by Crippen LogP contribution is -2.28. The SMILES string of the molecule is CC(NC(=O)CCn1c(=O)oc2cc(S(=O)(=O)N3CCCC3)ccc21)c1cccs1. The number of nitrogens with zero attached hydrogens (tertiary/aromatic N) is 2. The maximum atomic E-state index is 12.7. The molecular formula is C20H23N3O5S2. The van der Waals surface area contributed by atoms with Crippen LogP contribution in [0, 0.1) is 0 Å². The second-order valence-corrected chi connectivity index (χ2v) is 10.2. The second kappa shape index (κ2) is 8.37. The number of carbonyl (C=O) groups is 1. The van der Waals surface area contributed by atoms with E-state index in [-0.39, 0.29) is 35.4 Å². The monoisotopic (exact) mass is 449 g/mol. The first kappa shape index (κ1) is 20.8. The van der Waals surface area contributed by atoms with Crippen LogP contribution in [0.15, 0.2) is 49.8 Å². The molecule has 1 saturated heterocycles. The fourth-order valence-corrected chi connectivity index (χ4v) is 5.90. The number of hydrogen-bond acceptors (Lipinski definition) is 6. The zero-order valence-corrected chi connectivity index (χ0v) is 18.2. The molecule has 3 aromatic rings. The summed E-state index contributed by atoms with van der Waals surface area (Å²) in [4.78, 5) is 25.7. The zero-order chi connectivity index (χ0) is 21.3. The minimum absolute atomic E-state index is 0.103. The summed E-state index contributed by atoms with van der Waals surface area (Å²) in [7, 11) is -3.60. The molecule has 30 heavy (non-hydrogen) atoms. The number of aromatic nitrogens is 1. The molecule has 8 nitrogen and oxygen atoms in total. The van der Waals surface area contributed by atoms with E-state index in [1.165, 1.54) is 21.0 Å². The summed E-state index contributed by atoms with van der Waals surface area (Å²) in [5.41, 5.74) is 0.673. The van der Waals surface area contributed by atoms with Gasteiger partial charge in [-0.3, -0.25) is 9.36 Å². The van der Waals surface area contributed by atoms with Crippen LogP contribution in [0.2, 0.25) is 0 Å². The minimum Gasteiger partial charge on any atom is -0.408 e. The molecule has 0 saturated carbocycles. The Bertz CT molecular complexity index is 1210. The van der Waals surface area contributed by atoms with Crippen LogP contribution in [0.25, 0.3) is 11.1 Å². The van der Waals surface area contributed by atoms with Crippen molar-refractivity contribution in [3.05, 3.63) is 51.1 Å². The van der Waals surface area contributed by atoms with E-state index in [4.69, 9.17) is 4.42 Å². The summed E-state index contributed by atoms with van der Waals surface area (Å²) in [6, 6.07) is 8.22. The van der Waals surface area contributed by atoms with Gasteiger partial charge in [0.2, 0.25) is 15.9 Å². The average Bonchev–Trinajstić information content (AvgIpc) is 3.46. The highest BCUT2D eigenvalue weighted by atomic mass is 32.2. The Morgan fingerprint density at radius 3 is 2.73 bits per heavy atom. The lowest BCUT2D eigenvalue weighted by Gasteiger charge is -2.15. The molecule has 1 unspecified atom stereocenters. The highest BCUT2D eigenvalue weighted by Crippen LogP contribution is 2.24. The number of rotatable bonds is 7. The van der Waals surface area contributed by atoms with Gasteiger partial charge >= 0.3 is 5.76 Å². The molecule has 0 bridgehead atoms. The molecule has 2 aromatic heterocycles. The predicted octanol–water partition coefficient (Wildman–Crippen LogP) is 2.71. The first-order chi connectivity index (χ1) is 14.4. The van der Waals surface area contributed by atoms with Gasteiger partial charge in [-0.15, -0.1) is 11.3 Å². The van der Waals surface area contributed by atoms with E-state index in [1.54, 1.807) is 17.4 Å². The Morgan fingerprint density at radius 1 is 1.27 bits per heavy atom. The van der Waals surface area contributed by atoms with E-state index in [1.807, 2.05) is 24.4 Å². The number of sulfonamides is 1. The van der Waals surface area contributed by atoms with Crippen molar-refractivity contribution in [3.63, 3.8) is 0 Å². The van der Waals surface area contributed by atoms with Crippen LogP contribution in [0.5, 0.6) is 0 Å². The van der Waals surface area contributed by atoms with Crippen LogP contribution in [-0.2, 0) is 21.4 Å². The van der Waals surface area contributed by atoms with Gasteiger partial charge in [0, 0.05) is 37.0 Å². The van der Waals surface area contributed by atoms with Crippen LogP contribution in [0.1, 0.15) is 37.1 Å². The van der Waals surface area contributed by atoms with Gasteiger partial charge in [-0.25, -0.2) is 13.2 Å². The molecule has 3 heterocycles. The van der Waals surface area contributed by atoms with Crippen LogP contribution in [0.4, 0.5) is 0 Å². The van der Waals surface area contributed by atoms with Crippen molar-refractivity contribution in [1.29, 1.82) is 0 Å². The third-order valence-corrected chi connectivity index (χ3v) is 8.20. The topological polar surface area (TPSA) is 102 Å². The van der Waals surface area contributed by atoms with Crippen molar-refractivity contribution in [2.24, 2.45) is 0 Å². The molecule has 1 atom stereocenters.